The molecule has 40 heavy (non-hydrogen) atoms. The van der Waals surface area contributed by atoms with E-state index in [1.54, 1.807) is 19.1 Å². The molecule has 2 unspecified atom stereocenters. The van der Waals surface area contributed by atoms with Crippen molar-refractivity contribution in [1.82, 2.24) is 4.90 Å². The minimum atomic E-state index is -4.60. The third-order valence-corrected chi connectivity index (χ3v) is 6.72. The standard InChI is InChI=1S/C29H37F3N4O2.C2H6/c1-4-20(3)27(25-12-9-15-36(25)28(33)34)35-24(5-2)22-13-14-26(23(18-22)29(30,31)32)38-17-16-37-19-21-10-7-6-8-11-21;1-2/h5-8,10-11,13-14,18,20,25H,4,9,12,15-17,19H2,1-3H3,(H3,33,34);1-2H3/b24-5-,35-27?;. The number of hydrogen-bond donors (Lipinski definition) is 2. The molecule has 2 aromatic carbocycles. The van der Waals surface area contributed by atoms with Gasteiger partial charge in [-0.15, -0.1) is 0 Å². The summed E-state index contributed by atoms with van der Waals surface area (Å²) in [5.41, 5.74) is 7.55. The maximum Gasteiger partial charge on any atom is 0.419 e. The minimum absolute atomic E-state index is 0.00931. The van der Waals surface area contributed by atoms with Crippen molar-refractivity contribution in [3.63, 3.8) is 0 Å². The molecule has 3 N–H and O–H groups in total. The highest BCUT2D eigenvalue weighted by Gasteiger charge is 2.35. The molecule has 2 atom stereocenters. The monoisotopic (exact) mass is 560 g/mol. The highest BCUT2D eigenvalue weighted by atomic mass is 19.4. The van der Waals surface area contributed by atoms with E-state index in [-0.39, 0.29) is 36.9 Å². The van der Waals surface area contributed by atoms with E-state index in [4.69, 9.17) is 25.6 Å². The molecule has 3 rings (SSSR count). The molecule has 9 heteroatoms. The molecule has 220 valence electrons. The zero-order valence-corrected chi connectivity index (χ0v) is 24.2. The van der Waals surface area contributed by atoms with Crippen molar-refractivity contribution >= 4 is 17.4 Å². The smallest absolute Gasteiger partial charge is 0.419 e. The average Bonchev–Trinajstić information content (AvgIpc) is 3.44. The van der Waals surface area contributed by atoms with Crippen LogP contribution in [-0.4, -0.2) is 42.4 Å². The Morgan fingerprint density at radius 3 is 2.48 bits per heavy atom. The van der Waals surface area contributed by atoms with E-state index in [9.17, 15) is 13.2 Å². The summed E-state index contributed by atoms with van der Waals surface area (Å²) in [7, 11) is 0. The first kappa shape index (κ1) is 32.9. The van der Waals surface area contributed by atoms with Crippen LogP contribution in [-0.2, 0) is 17.5 Å². The van der Waals surface area contributed by atoms with Crippen molar-refractivity contribution in [3.8, 4) is 5.75 Å². The van der Waals surface area contributed by atoms with E-state index in [0.29, 0.717) is 24.4 Å². The highest BCUT2D eigenvalue weighted by Crippen LogP contribution is 2.38. The largest absolute Gasteiger partial charge is 0.491 e. The molecule has 1 saturated heterocycles. The molecule has 0 saturated carbocycles. The van der Waals surface area contributed by atoms with E-state index in [2.05, 4.69) is 0 Å². The van der Waals surface area contributed by atoms with Crippen LogP contribution in [0.1, 0.15) is 70.6 Å². The maximum atomic E-state index is 14.0. The first-order chi connectivity index (χ1) is 19.2. The fourth-order valence-electron chi connectivity index (χ4n) is 4.53. The molecule has 2 aromatic rings. The van der Waals surface area contributed by atoms with E-state index >= 15 is 0 Å². The Morgan fingerprint density at radius 2 is 1.88 bits per heavy atom. The zero-order valence-electron chi connectivity index (χ0n) is 24.2. The Hall–Kier alpha value is -3.33. The highest BCUT2D eigenvalue weighted by molar-refractivity contribution is 5.98. The molecule has 0 radical (unpaired) electrons. The SMILES string of the molecule is C/C=C(\N=C(C(C)CC)C1CCCN1C(=N)N)c1ccc(OCCOCc2ccccc2)c(C(F)(F)F)c1.CC. The predicted octanol–water partition coefficient (Wildman–Crippen LogP) is 7.53. The molecular weight excluding hydrogens is 517 g/mol. The minimum Gasteiger partial charge on any atom is -0.491 e. The number of allylic oxidation sites excluding steroid dienone is 1. The van der Waals surface area contributed by atoms with Gasteiger partial charge in [-0.3, -0.25) is 10.4 Å². The Kier molecular flexibility index (Phi) is 13.2. The van der Waals surface area contributed by atoms with Crippen LogP contribution in [0.3, 0.4) is 0 Å². The van der Waals surface area contributed by atoms with Crippen LogP contribution in [0, 0.1) is 11.3 Å². The molecule has 0 amide bonds. The number of nitrogens with one attached hydrogen (secondary N) is 1. The van der Waals surface area contributed by atoms with Crippen LogP contribution in [0.2, 0.25) is 0 Å². The van der Waals surface area contributed by atoms with Gasteiger partial charge < -0.3 is 20.1 Å². The third kappa shape index (κ3) is 9.11. The summed E-state index contributed by atoms with van der Waals surface area (Å²) in [6.45, 7) is 11.0. The molecule has 1 fully saturated rings. The lowest BCUT2D eigenvalue weighted by Gasteiger charge is -2.29. The zero-order chi connectivity index (χ0) is 29.7. The van der Waals surface area contributed by atoms with Crippen LogP contribution in [0.15, 0.2) is 59.6 Å². The number of benzene rings is 2. The van der Waals surface area contributed by atoms with Gasteiger partial charge >= 0.3 is 6.18 Å². The van der Waals surface area contributed by atoms with Gasteiger partial charge in [0.25, 0.3) is 0 Å². The molecule has 1 aliphatic rings. The summed E-state index contributed by atoms with van der Waals surface area (Å²) in [5, 5.41) is 7.94. The van der Waals surface area contributed by atoms with Gasteiger partial charge in [0.1, 0.15) is 12.4 Å². The Labute approximate surface area is 236 Å². The van der Waals surface area contributed by atoms with E-state index < -0.39 is 11.7 Å². The van der Waals surface area contributed by atoms with Crippen molar-refractivity contribution < 1.29 is 22.6 Å². The summed E-state index contributed by atoms with van der Waals surface area (Å²) in [6, 6.07) is 13.4. The van der Waals surface area contributed by atoms with Crippen LogP contribution in [0.5, 0.6) is 5.75 Å². The number of hydrogen-bond acceptors (Lipinski definition) is 4. The van der Waals surface area contributed by atoms with E-state index in [1.807, 2.05) is 62.9 Å². The van der Waals surface area contributed by atoms with E-state index in [0.717, 1.165) is 36.6 Å². The first-order valence-corrected chi connectivity index (χ1v) is 14.0. The molecule has 1 aliphatic heterocycles. The van der Waals surface area contributed by atoms with Gasteiger partial charge in [0, 0.05) is 17.8 Å². The number of likely N-dealkylation sites (tertiary alicyclic amines) is 1. The summed E-state index contributed by atoms with van der Waals surface area (Å²) >= 11 is 0. The van der Waals surface area contributed by atoms with Crippen molar-refractivity contribution in [2.45, 2.75) is 72.7 Å². The molecule has 0 aromatic heterocycles. The van der Waals surface area contributed by atoms with Gasteiger partial charge in [0.2, 0.25) is 0 Å². The molecule has 0 spiro atoms. The van der Waals surface area contributed by atoms with Crippen molar-refractivity contribution in [3.05, 3.63) is 71.3 Å². The van der Waals surface area contributed by atoms with Crippen LogP contribution >= 0.6 is 0 Å². The first-order valence-electron chi connectivity index (χ1n) is 14.0. The van der Waals surface area contributed by atoms with Crippen molar-refractivity contribution in [1.29, 1.82) is 5.41 Å². The van der Waals surface area contributed by atoms with Crippen molar-refractivity contribution in [2.75, 3.05) is 19.8 Å². The molecule has 6 nitrogen and oxygen atoms in total. The molecule has 1 heterocycles. The van der Waals surface area contributed by atoms with Gasteiger partial charge in [-0.05, 0) is 55.9 Å². The topological polar surface area (TPSA) is 83.9 Å². The fourth-order valence-corrected chi connectivity index (χ4v) is 4.53. The fraction of sp³-hybridized carbons (Fsp3) is 0.484. The van der Waals surface area contributed by atoms with Crippen LogP contribution in [0.4, 0.5) is 13.2 Å². The van der Waals surface area contributed by atoms with E-state index in [1.165, 1.54) is 6.07 Å². The van der Waals surface area contributed by atoms with Gasteiger partial charge in [0.15, 0.2) is 5.96 Å². The number of aliphatic imine (C=N–C) groups is 1. The molecular formula is C31H43F3N4O2. The summed E-state index contributed by atoms with van der Waals surface area (Å²) in [6.07, 6.45) is -0.403. The second kappa shape index (κ2) is 16.1. The maximum absolute atomic E-state index is 14.0. The van der Waals surface area contributed by atoms with Gasteiger partial charge in [-0.1, -0.05) is 64.1 Å². The Balaban J connectivity index is 0.00000274. The number of nitrogens with two attached hydrogens (primary N) is 1. The van der Waals surface area contributed by atoms with Gasteiger partial charge in [-0.25, -0.2) is 0 Å². The number of ether oxygens (including phenoxy) is 2. The molecule has 0 aliphatic carbocycles. The Morgan fingerprint density at radius 1 is 1.18 bits per heavy atom. The van der Waals surface area contributed by atoms with Crippen LogP contribution < -0.4 is 10.5 Å². The summed E-state index contributed by atoms with van der Waals surface area (Å²) in [5.74, 6) is -0.181. The Bertz CT molecular complexity index is 1130. The lowest BCUT2D eigenvalue weighted by molar-refractivity contribution is -0.139. The number of halogens is 3. The van der Waals surface area contributed by atoms with Gasteiger partial charge in [-0.2, -0.15) is 13.2 Å². The quantitative estimate of drug-likeness (QED) is 0.169. The second-order valence-corrected chi connectivity index (χ2v) is 9.35. The predicted molar refractivity (Wildman–Crippen MR) is 157 cm³/mol. The second-order valence-electron chi connectivity index (χ2n) is 9.35. The molecule has 0 bridgehead atoms. The number of rotatable bonds is 11. The normalized spacial score (nSPS) is 16.8. The number of nitrogens with zero attached hydrogens (tertiary/aromatic N) is 2. The number of alkyl halides is 3. The average molecular weight is 561 g/mol. The van der Waals surface area contributed by atoms with Gasteiger partial charge in [0.05, 0.1) is 30.5 Å². The summed E-state index contributed by atoms with van der Waals surface area (Å²) < 4.78 is 53.1. The number of guanidine groups is 1. The lowest BCUT2D eigenvalue weighted by atomic mass is 9.94. The summed E-state index contributed by atoms with van der Waals surface area (Å²) in [4.78, 5) is 6.69. The lowest BCUT2D eigenvalue weighted by Crippen LogP contribution is -2.45. The third-order valence-electron chi connectivity index (χ3n) is 6.72. The van der Waals surface area contributed by atoms with Crippen LogP contribution in [0.25, 0.3) is 5.70 Å². The van der Waals surface area contributed by atoms with Crippen molar-refractivity contribution in [2.24, 2.45) is 16.6 Å².